The number of hydrogen-bond donors (Lipinski definition) is 0. The lowest BCUT2D eigenvalue weighted by molar-refractivity contribution is -0.153. The summed E-state index contributed by atoms with van der Waals surface area (Å²) in [6.45, 7) is 1.95. The fourth-order valence-corrected chi connectivity index (χ4v) is 2.77. The van der Waals surface area contributed by atoms with E-state index in [4.69, 9.17) is 4.74 Å². The highest BCUT2D eigenvalue weighted by atomic mass is 19.3. The molecule has 15 heavy (non-hydrogen) atoms. The van der Waals surface area contributed by atoms with E-state index in [1.807, 2.05) is 12.2 Å². The zero-order valence-corrected chi connectivity index (χ0v) is 8.53. The van der Waals surface area contributed by atoms with E-state index in [1.54, 1.807) is 6.92 Å². The van der Waals surface area contributed by atoms with Gasteiger partial charge in [-0.1, -0.05) is 12.2 Å². The minimum absolute atomic E-state index is 0.0342. The standard InChI is InChI=1S/C11H14F2O2/c1-2-15-11(14)9-7-4-3-6(5-7)8(9)10(12)13/h3-4,6-10H,2,5H2,1H3. The number of halogens is 2. The van der Waals surface area contributed by atoms with Crippen LogP contribution < -0.4 is 0 Å². The lowest BCUT2D eigenvalue weighted by Gasteiger charge is -2.25. The molecule has 0 amide bonds. The zero-order valence-electron chi connectivity index (χ0n) is 8.53. The van der Waals surface area contributed by atoms with Gasteiger partial charge in [0, 0.05) is 5.92 Å². The van der Waals surface area contributed by atoms with E-state index in [1.165, 1.54) is 0 Å². The maximum atomic E-state index is 12.8. The third kappa shape index (κ3) is 1.66. The number of alkyl halides is 2. The molecular formula is C11H14F2O2. The van der Waals surface area contributed by atoms with Gasteiger partial charge in [0.2, 0.25) is 6.43 Å². The van der Waals surface area contributed by atoms with Crippen molar-refractivity contribution in [3.05, 3.63) is 12.2 Å². The molecule has 0 heterocycles. The Labute approximate surface area is 87.3 Å². The molecule has 2 bridgehead atoms. The van der Waals surface area contributed by atoms with Crippen LogP contribution in [-0.4, -0.2) is 19.0 Å². The summed E-state index contributed by atoms with van der Waals surface area (Å²) in [6, 6.07) is 0. The Kier molecular flexibility index (Phi) is 2.76. The molecule has 4 unspecified atom stereocenters. The molecule has 0 aliphatic heterocycles. The summed E-state index contributed by atoms with van der Waals surface area (Å²) in [5.74, 6) is -2.09. The van der Waals surface area contributed by atoms with Crippen LogP contribution in [0, 0.1) is 23.7 Å². The first-order valence-electron chi connectivity index (χ1n) is 5.28. The third-order valence-electron chi connectivity index (χ3n) is 3.37. The molecule has 2 rings (SSSR count). The lowest BCUT2D eigenvalue weighted by Crippen LogP contribution is -2.33. The minimum Gasteiger partial charge on any atom is -0.466 e. The molecular weight excluding hydrogens is 202 g/mol. The van der Waals surface area contributed by atoms with Gasteiger partial charge in [0.1, 0.15) is 0 Å². The number of allylic oxidation sites excluding steroid dienone is 2. The van der Waals surface area contributed by atoms with Gasteiger partial charge in [-0.2, -0.15) is 0 Å². The van der Waals surface area contributed by atoms with Crippen molar-refractivity contribution in [3.63, 3.8) is 0 Å². The summed E-state index contributed by atoms with van der Waals surface area (Å²) >= 11 is 0. The Morgan fingerprint density at radius 1 is 1.47 bits per heavy atom. The molecule has 2 aliphatic rings. The number of esters is 1. The smallest absolute Gasteiger partial charge is 0.310 e. The molecule has 1 saturated carbocycles. The molecule has 84 valence electrons. The van der Waals surface area contributed by atoms with Gasteiger partial charge in [-0.15, -0.1) is 0 Å². The Balaban J connectivity index is 2.15. The Morgan fingerprint density at radius 3 is 2.73 bits per heavy atom. The topological polar surface area (TPSA) is 26.3 Å². The van der Waals surface area contributed by atoms with E-state index in [0.717, 1.165) is 0 Å². The second-order valence-electron chi connectivity index (χ2n) is 4.14. The second kappa shape index (κ2) is 3.91. The van der Waals surface area contributed by atoms with E-state index in [0.29, 0.717) is 6.42 Å². The van der Waals surface area contributed by atoms with Crippen molar-refractivity contribution < 1.29 is 18.3 Å². The first-order chi connectivity index (χ1) is 7.15. The molecule has 4 heteroatoms. The Bertz CT molecular complexity index is 288. The predicted molar refractivity (Wildman–Crippen MR) is 50.4 cm³/mol. The zero-order chi connectivity index (χ0) is 11.0. The molecule has 1 fully saturated rings. The first kappa shape index (κ1) is 10.6. The lowest BCUT2D eigenvalue weighted by atomic mass is 9.83. The third-order valence-corrected chi connectivity index (χ3v) is 3.37. The van der Waals surface area contributed by atoms with Crippen molar-refractivity contribution in [1.29, 1.82) is 0 Å². The summed E-state index contributed by atoms with van der Waals surface area (Å²) in [5.41, 5.74) is 0. The van der Waals surface area contributed by atoms with Crippen LogP contribution in [0.5, 0.6) is 0 Å². The highest BCUT2D eigenvalue weighted by Crippen LogP contribution is 2.50. The van der Waals surface area contributed by atoms with E-state index in [9.17, 15) is 13.6 Å². The summed E-state index contributed by atoms with van der Waals surface area (Å²) in [5, 5.41) is 0. The maximum Gasteiger partial charge on any atom is 0.310 e. The Hall–Kier alpha value is -0.930. The fourth-order valence-electron chi connectivity index (χ4n) is 2.77. The average Bonchev–Trinajstić information content (AvgIpc) is 2.76. The van der Waals surface area contributed by atoms with E-state index in [-0.39, 0.29) is 18.4 Å². The van der Waals surface area contributed by atoms with Crippen LogP contribution in [0.4, 0.5) is 8.78 Å². The molecule has 2 nitrogen and oxygen atoms in total. The van der Waals surface area contributed by atoms with Crippen LogP contribution in [0.15, 0.2) is 12.2 Å². The molecule has 0 aromatic heterocycles. The van der Waals surface area contributed by atoms with E-state index < -0.39 is 24.2 Å². The molecule has 0 spiro atoms. The number of rotatable bonds is 3. The normalized spacial score (nSPS) is 37.6. The van der Waals surface area contributed by atoms with Crippen LogP contribution in [0.2, 0.25) is 0 Å². The first-order valence-corrected chi connectivity index (χ1v) is 5.28. The number of fused-ring (bicyclic) bond motifs is 2. The largest absolute Gasteiger partial charge is 0.466 e. The van der Waals surface area contributed by atoms with Gasteiger partial charge in [0.05, 0.1) is 12.5 Å². The minimum atomic E-state index is -2.43. The molecule has 0 radical (unpaired) electrons. The van der Waals surface area contributed by atoms with Crippen LogP contribution >= 0.6 is 0 Å². The highest BCUT2D eigenvalue weighted by Gasteiger charge is 2.52. The van der Waals surface area contributed by atoms with Crippen molar-refractivity contribution in [2.24, 2.45) is 23.7 Å². The molecule has 0 aromatic rings. The van der Waals surface area contributed by atoms with Crippen LogP contribution in [0.3, 0.4) is 0 Å². The van der Waals surface area contributed by atoms with Crippen molar-refractivity contribution in [2.75, 3.05) is 6.61 Å². The summed E-state index contributed by atoms with van der Waals surface area (Å²) in [6.07, 6.45) is 1.94. The van der Waals surface area contributed by atoms with E-state index in [2.05, 4.69) is 0 Å². The summed E-state index contributed by atoms with van der Waals surface area (Å²) in [7, 11) is 0. The number of ether oxygens (including phenoxy) is 1. The molecule has 0 aromatic carbocycles. The second-order valence-corrected chi connectivity index (χ2v) is 4.14. The molecule has 0 N–H and O–H groups in total. The predicted octanol–water partition coefficient (Wildman–Crippen LogP) is 2.25. The van der Waals surface area contributed by atoms with Gasteiger partial charge < -0.3 is 4.74 Å². The van der Waals surface area contributed by atoms with Crippen molar-refractivity contribution in [2.45, 2.75) is 19.8 Å². The van der Waals surface area contributed by atoms with Gasteiger partial charge in [-0.05, 0) is 25.2 Å². The summed E-state index contributed by atoms with van der Waals surface area (Å²) < 4.78 is 30.5. The van der Waals surface area contributed by atoms with Gasteiger partial charge in [-0.3, -0.25) is 4.79 Å². The van der Waals surface area contributed by atoms with Gasteiger partial charge >= 0.3 is 5.97 Å². The van der Waals surface area contributed by atoms with Crippen LogP contribution in [0.1, 0.15) is 13.3 Å². The molecule has 4 atom stereocenters. The number of carbonyl (C=O) groups is 1. The van der Waals surface area contributed by atoms with Crippen LogP contribution in [0.25, 0.3) is 0 Å². The monoisotopic (exact) mass is 216 g/mol. The summed E-state index contributed by atoms with van der Waals surface area (Å²) in [4.78, 5) is 11.6. The fraction of sp³-hybridized carbons (Fsp3) is 0.727. The number of carbonyl (C=O) groups excluding carboxylic acids is 1. The van der Waals surface area contributed by atoms with Crippen LogP contribution in [-0.2, 0) is 9.53 Å². The quantitative estimate of drug-likeness (QED) is 0.534. The van der Waals surface area contributed by atoms with Gasteiger partial charge in [0.15, 0.2) is 0 Å². The van der Waals surface area contributed by atoms with E-state index >= 15 is 0 Å². The number of hydrogen-bond acceptors (Lipinski definition) is 2. The van der Waals surface area contributed by atoms with Crippen molar-refractivity contribution in [3.8, 4) is 0 Å². The van der Waals surface area contributed by atoms with Crippen molar-refractivity contribution in [1.82, 2.24) is 0 Å². The molecule has 2 aliphatic carbocycles. The van der Waals surface area contributed by atoms with Crippen molar-refractivity contribution >= 4 is 5.97 Å². The average molecular weight is 216 g/mol. The maximum absolute atomic E-state index is 12.8. The SMILES string of the molecule is CCOC(=O)C1C2C=CC(C2)C1C(F)F. The van der Waals surface area contributed by atoms with Gasteiger partial charge in [0.25, 0.3) is 0 Å². The van der Waals surface area contributed by atoms with Gasteiger partial charge in [-0.25, -0.2) is 8.78 Å². The molecule has 0 saturated heterocycles. The highest BCUT2D eigenvalue weighted by molar-refractivity contribution is 5.74. The Morgan fingerprint density at radius 2 is 2.13 bits per heavy atom.